The van der Waals surface area contributed by atoms with Gasteiger partial charge in [-0.15, -0.1) is 0 Å². The van der Waals surface area contributed by atoms with Crippen LogP contribution in [0.5, 0.6) is 5.75 Å². The van der Waals surface area contributed by atoms with E-state index in [4.69, 9.17) is 16.3 Å². The standard InChI is InChI=1S/C13H11ClN2O2/c1-9(17)12-11(7-15-13(14)16-12)18-8-10-5-3-2-4-6-10/h2-7H,8H2,1H3. The predicted molar refractivity (Wildman–Crippen MR) is 67.8 cm³/mol. The third kappa shape index (κ3) is 3.05. The number of aromatic nitrogens is 2. The van der Waals surface area contributed by atoms with E-state index in [1.165, 1.54) is 13.1 Å². The van der Waals surface area contributed by atoms with E-state index in [1.54, 1.807) is 0 Å². The Morgan fingerprint density at radius 1 is 1.33 bits per heavy atom. The molecule has 0 saturated heterocycles. The van der Waals surface area contributed by atoms with Crippen molar-refractivity contribution in [2.75, 3.05) is 0 Å². The van der Waals surface area contributed by atoms with Crippen LogP contribution in [-0.2, 0) is 6.61 Å². The maximum Gasteiger partial charge on any atom is 0.223 e. The summed E-state index contributed by atoms with van der Waals surface area (Å²) in [5.74, 6) is 0.137. The second-order valence-corrected chi connectivity index (χ2v) is 4.02. The Hall–Kier alpha value is -1.94. The Kier molecular flexibility index (Phi) is 3.89. The van der Waals surface area contributed by atoms with E-state index in [2.05, 4.69) is 9.97 Å². The first-order valence-electron chi connectivity index (χ1n) is 5.37. The molecule has 4 nitrogen and oxygen atoms in total. The molecule has 0 radical (unpaired) electrons. The number of ketones is 1. The fourth-order valence-electron chi connectivity index (χ4n) is 1.44. The van der Waals surface area contributed by atoms with Crippen molar-refractivity contribution in [2.24, 2.45) is 0 Å². The first-order chi connectivity index (χ1) is 8.66. The first kappa shape index (κ1) is 12.5. The zero-order valence-corrected chi connectivity index (χ0v) is 10.5. The number of nitrogens with zero attached hydrogens (tertiary/aromatic N) is 2. The van der Waals surface area contributed by atoms with Gasteiger partial charge in [0.1, 0.15) is 6.61 Å². The lowest BCUT2D eigenvalue weighted by atomic mass is 10.2. The number of benzene rings is 1. The Bertz CT molecular complexity index is 558. The molecule has 0 aliphatic heterocycles. The highest BCUT2D eigenvalue weighted by Crippen LogP contribution is 2.18. The number of hydrogen-bond acceptors (Lipinski definition) is 4. The van der Waals surface area contributed by atoms with Crippen LogP contribution in [0.15, 0.2) is 36.5 Å². The van der Waals surface area contributed by atoms with E-state index < -0.39 is 0 Å². The lowest BCUT2D eigenvalue weighted by Gasteiger charge is -2.08. The predicted octanol–water partition coefficient (Wildman–Crippen LogP) is 2.91. The van der Waals surface area contributed by atoms with Crippen LogP contribution in [0.3, 0.4) is 0 Å². The molecule has 0 saturated carbocycles. The van der Waals surface area contributed by atoms with Gasteiger partial charge >= 0.3 is 0 Å². The normalized spacial score (nSPS) is 10.1. The van der Waals surface area contributed by atoms with E-state index in [9.17, 15) is 4.79 Å². The largest absolute Gasteiger partial charge is 0.485 e. The number of carbonyl (C=O) groups excluding carboxylic acids is 1. The molecular weight excluding hydrogens is 252 g/mol. The highest BCUT2D eigenvalue weighted by Gasteiger charge is 2.12. The lowest BCUT2D eigenvalue weighted by molar-refractivity contribution is 0.100. The Labute approximate surface area is 110 Å². The summed E-state index contributed by atoms with van der Waals surface area (Å²) < 4.78 is 5.54. The number of ether oxygens (including phenoxy) is 1. The molecule has 0 spiro atoms. The maximum absolute atomic E-state index is 11.4. The zero-order valence-electron chi connectivity index (χ0n) is 9.76. The summed E-state index contributed by atoms with van der Waals surface area (Å²) in [7, 11) is 0. The molecule has 0 atom stereocenters. The van der Waals surface area contributed by atoms with Gasteiger partial charge in [0.2, 0.25) is 5.28 Å². The highest BCUT2D eigenvalue weighted by atomic mass is 35.5. The van der Waals surface area contributed by atoms with Gasteiger partial charge in [0.05, 0.1) is 6.20 Å². The zero-order chi connectivity index (χ0) is 13.0. The van der Waals surface area contributed by atoms with Gasteiger partial charge in [-0.2, -0.15) is 0 Å². The van der Waals surface area contributed by atoms with Crippen LogP contribution in [0.4, 0.5) is 0 Å². The smallest absolute Gasteiger partial charge is 0.223 e. The van der Waals surface area contributed by atoms with Crippen LogP contribution >= 0.6 is 11.6 Å². The van der Waals surface area contributed by atoms with E-state index in [-0.39, 0.29) is 16.8 Å². The second-order valence-electron chi connectivity index (χ2n) is 3.68. The topological polar surface area (TPSA) is 52.1 Å². The quantitative estimate of drug-likeness (QED) is 0.628. The van der Waals surface area contributed by atoms with Crippen molar-refractivity contribution in [3.8, 4) is 5.75 Å². The van der Waals surface area contributed by atoms with Crippen LogP contribution in [0.25, 0.3) is 0 Å². The van der Waals surface area contributed by atoms with Crippen molar-refractivity contribution in [1.29, 1.82) is 0 Å². The van der Waals surface area contributed by atoms with E-state index in [1.807, 2.05) is 30.3 Å². The number of carbonyl (C=O) groups is 1. The first-order valence-corrected chi connectivity index (χ1v) is 5.75. The lowest BCUT2D eigenvalue weighted by Crippen LogP contribution is -2.05. The van der Waals surface area contributed by atoms with Crippen LogP contribution in [0.1, 0.15) is 23.0 Å². The number of hydrogen-bond donors (Lipinski definition) is 0. The summed E-state index contributed by atoms with van der Waals surface area (Å²) in [6.07, 6.45) is 1.41. The third-order valence-electron chi connectivity index (χ3n) is 2.30. The molecule has 0 aliphatic rings. The Morgan fingerprint density at radius 3 is 2.72 bits per heavy atom. The molecule has 0 bridgehead atoms. The van der Waals surface area contributed by atoms with E-state index in [0.29, 0.717) is 12.4 Å². The van der Waals surface area contributed by atoms with Crippen molar-refractivity contribution >= 4 is 17.4 Å². The summed E-state index contributed by atoms with van der Waals surface area (Å²) in [6, 6.07) is 9.64. The van der Waals surface area contributed by atoms with Gasteiger partial charge in [-0.3, -0.25) is 4.79 Å². The molecule has 0 N–H and O–H groups in total. The molecule has 2 aromatic rings. The number of halogens is 1. The van der Waals surface area contributed by atoms with Crippen molar-refractivity contribution in [3.05, 3.63) is 53.1 Å². The van der Waals surface area contributed by atoms with Gasteiger partial charge in [-0.25, -0.2) is 9.97 Å². The van der Waals surface area contributed by atoms with Gasteiger partial charge in [0.15, 0.2) is 17.2 Å². The molecule has 2 rings (SSSR count). The highest BCUT2D eigenvalue weighted by molar-refractivity contribution is 6.28. The summed E-state index contributed by atoms with van der Waals surface area (Å²) in [4.78, 5) is 19.1. The second kappa shape index (κ2) is 5.60. The maximum atomic E-state index is 11.4. The van der Waals surface area contributed by atoms with Crippen LogP contribution < -0.4 is 4.74 Å². The molecule has 0 unspecified atom stereocenters. The Balaban J connectivity index is 2.17. The Morgan fingerprint density at radius 2 is 2.06 bits per heavy atom. The van der Waals surface area contributed by atoms with Crippen molar-refractivity contribution in [1.82, 2.24) is 9.97 Å². The fourth-order valence-corrected chi connectivity index (χ4v) is 1.58. The molecule has 18 heavy (non-hydrogen) atoms. The molecule has 5 heteroatoms. The van der Waals surface area contributed by atoms with Crippen molar-refractivity contribution < 1.29 is 9.53 Å². The fraction of sp³-hybridized carbons (Fsp3) is 0.154. The monoisotopic (exact) mass is 262 g/mol. The minimum Gasteiger partial charge on any atom is -0.485 e. The van der Waals surface area contributed by atoms with Crippen LogP contribution in [-0.4, -0.2) is 15.8 Å². The number of rotatable bonds is 4. The molecule has 0 aliphatic carbocycles. The van der Waals surface area contributed by atoms with Crippen molar-refractivity contribution in [3.63, 3.8) is 0 Å². The molecule has 0 amide bonds. The summed E-state index contributed by atoms with van der Waals surface area (Å²) in [6.45, 7) is 1.76. The van der Waals surface area contributed by atoms with Crippen LogP contribution in [0.2, 0.25) is 5.28 Å². The summed E-state index contributed by atoms with van der Waals surface area (Å²) in [5, 5.41) is 0.0345. The van der Waals surface area contributed by atoms with Gasteiger partial charge < -0.3 is 4.74 Å². The minimum absolute atomic E-state index is 0.0345. The molecule has 1 aromatic carbocycles. The van der Waals surface area contributed by atoms with Gasteiger partial charge in [-0.1, -0.05) is 30.3 Å². The van der Waals surface area contributed by atoms with Gasteiger partial charge in [-0.05, 0) is 17.2 Å². The molecule has 0 fully saturated rings. The summed E-state index contributed by atoms with van der Waals surface area (Å²) in [5.41, 5.74) is 1.20. The van der Waals surface area contributed by atoms with E-state index >= 15 is 0 Å². The average Bonchev–Trinajstić information content (AvgIpc) is 2.38. The average molecular weight is 263 g/mol. The molecule has 1 aromatic heterocycles. The SMILES string of the molecule is CC(=O)c1nc(Cl)ncc1OCc1ccccc1. The summed E-state index contributed by atoms with van der Waals surface area (Å²) >= 11 is 5.65. The third-order valence-corrected chi connectivity index (χ3v) is 2.48. The van der Waals surface area contributed by atoms with Gasteiger partial charge in [0.25, 0.3) is 0 Å². The van der Waals surface area contributed by atoms with Crippen molar-refractivity contribution in [2.45, 2.75) is 13.5 Å². The molecule has 1 heterocycles. The van der Waals surface area contributed by atoms with Gasteiger partial charge in [0, 0.05) is 6.92 Å². The number of Topliss-reactive ketones (excluding diaryl/α,β-unsaturated/α-hetero) is 1. The van der Waals surface area contributed by atoms with E-state index in [0.717, 1.165) is 5.56 Å². The molecular formula is C13H11ClN2O2. The van der Waals surface area contributed by atoms with Crippen LogP contribution in [0, 0.1) is 0 Å². The molecule has 92 valence electrons. The minimum atomic E-state index is -0.206.